The molecule has 1 N–H and O–H groups in total. The van der Waals surface area contributed by atoms with Crippen molar-refractivity contribution in [1.82, 2.24) is 10.3 Å². The molecule has 0 radical (unpaired) electrons. The van der Waals surface area contributed by atoms with Crippen LogP contribution in [-0.2, 0) is 0 Å². The van der Waals surface area contributed by atoms with E-state index in [-0.39, 0.29) is 18.0 Å². The molecule has 3 nitrogen and oxygen atoms in total. The summed E-state index contributed by atoms with van der Waals surface area (Å²) in [4.78, 5) is 15.0. The van der Waals surface area contributed by atoms with Crippen molar-refractivity contribution in [2.75, 3.05) is 0 Å². The van der Waals surface area contributed by atoms with Gasteiger partial charge in [-0.1, -0.05) is 11.6 Å². The van der Waals surface area contributed by atoms with Crippen molar-refractivity contribution >= 4 is 17.5 Å². The minimum atomic E-state index is -4.53. The normalized spacial score (nSPS) is 17.4. The highest BCUT2D eigenvalue weighted by molar-refractivity contribution is 6.32. The molecule has 0 saturated heterocycles. The fourth-order valence-corrected chi connectivity index (χ4v) is 1.66. The molecule has 0 bridgehead atoms. The smallest absolute Gasteiger partial charge is 0.338 e. The van der Waals surface area contributed by atoms with E-state index in [1.807, 2.05) is 5.32 Å². The molecule has 0 spiro atoms. The first-order chi connectivity index (χ1) is 8.25. The summed E-state index contributed by atoms with van der Waals surface area (Å²) in [6.45, 7) is 0. The highest BCUT2D eigenvalue weighted by Crippen LogP contribution is 2.49. The van der Waals surface area contributed by atoms with Gasteiger partial charge in [-0.2, -0.15) is 13.2 Å². The molecule has 1 aromatic rings. The molecule has 0 aliphatic heterocycles. The lowest BCUT2D eigenvalue weighted by molar-refractivity contribution is -0.163. The number of carbonyl (C=O) groups excluding carboxylic acids is 1. The van der Waals surface area contributed by atoms with Gasteiger partial charge in [0.15, 0.2) is 0 Å². The second-order valence-corrected chi connectivity index (χ2v) is 4.38. The van der Waals surface area contributed by atoms with E-state index < -0.39 is 29.0 Å². The lowest BCUT2D eigenvalue weighted by atomic mass is 10.2. The van der Waals surface area contributed by atoms with Crippen LogP contribution in [0, 0.1) is 5.82 Å². The lowest BCUT2D eigenvalue weighted by Crippen LogP contribution is -2.47. The lowest BCUT2D eigenvalue weighted by Gasteiger charge is -2.20. The third kappa shape index (κ3) is 2.27. The van der Waals surface area contributed by atoms with E-state index in [4.69, 9.17) is 11.6 Å². The Morgan fingerprint density at radius 2 is 2.06 bits per heavy atom. The van der Waals surface area contributed by atoms with E-state index in [9.17, 15) is 22.4 Å². The fraction of sp³-hybridized carbons (Fsp3) is 0.400. The summed E-state index contributed by atoms with van der Waals surface area (Å²) < 4.78 is 50.7. The van der Waals surface area contributed by atoms with E-state index in [1.54, 1.807) is 0 Å². The van der Waals surface area contributed by atoms with Crippen molar-refractivity contribution in [3.05, 3.63) is 28.8 Å². The van der Waals surface area contributed by atoms with Gasteiger partial charge in [-0.25, -0.2) is 9.37 Å². The SMILES string of the molecule is O=C(NC1(C(F)(F)F)CC1)c1cc(F)cnc1Cl. The molecule has 98 valence electrons. The Labute approximate surface area is 104 Å². The van der Waals surface area contributed by atoms with Crippen molar-refractivity contribution in [1.29, 1.82) is 0 Å². The number of hydrogen-bond donors (Lipinski definition) is 1. The van der Waals surface area contributed by atoms with Gasteiger partial charge in [0, 0.05) is 0 Å². The number of rotatable bonds is 2. The van der Waals surface area contributed by atoms with Gasteiger partial charge in [0.25, 0.3) is 5.91 Å². The Bertz CT molecular complexity index is 499. The number of pyridine rings is 1. The van der Waals surface area contributed by atoms with Crippen molar-refractivity contribution in [2.45, 2.75) is 24.6 Å². The highest BCUT2D eigenvalue weighted by atomic mass is 35.5. The van der Waals surface area contributed by atoms with Crippen molar-refractivity contribution in [3.63, 3.8) is 0 Å². The van der Waals surface area contributed by atoms with Crippen LogP contribution in [0.3, 0.4) is 0 Å². The van der Waals surface area contributed by atoms with Gasteiger partial charge in [0.2, 0.25) is 0 Å². The highest BCUT2D eigenvalue weighted by Gasteiger charge is 2.64. The fourth-order valence-electron chi connectivity index (χ4n) is 1.47. The van der Waals surface area contributed by atoms with Crippen molar-refractivity contribution < 1.29 is 22.4 Å². The van der Waals surface area contributed by atoms with E-state index in [0.29, 0.717) is 0 Å². The predicted octanol–water partition coefficient (Wildman–Crippen LogP) is 2.70. The first-order valence-corrected chi connectivity index (χ1v) is 5.33. The van der Waals surface area contributed by atoms with Gasteiger partial charge in [-0.3, -0.25) is 4.79 Å². The molecule has 0 unspecified atom stereocenters. The molecule has 18 heavy (non-hydrogen) atoms. The zero-order chi connectivity index (χ0) is 13.6. The number of hydrogen-bond acceptors (Lipinski definition) is 2. The molecule has 1 aromatic heterocycles. The van der Waals surface area contributed by atoms with Gasteiger partial charge in [-0.15, -0.1) is 0 Å². The topological polar surface area (TPSA) is 42.0 Å². The third-order valence-corrected chi connectivity index (χ3v) is 3.00. The van der Waals surface area contributed by atoms with Crippen LogP contribution in [0.15, 0.2) is 12.3 Å². The Morgan fingerprint density at radius 1 is 1.44 bits per heavy atom. The predicted molar refractivity (Wildman–Crippen MR) is 54.7 cm³/mol. The Balaban J connectivity index is 2.21. The van der Waals surface area contributed by atoms with E-state index in [2.05, 4.69) is 4.98 Å². The molecule has 1 aliphatic carbocycles. The van der Waals surface area contributed by atoms with E-state index in [0.717, 1.165) is 12.3 Å². The number of carbonyl (C=O) groups is 1. The van der Waals surface area contributed by atoms with Crippen molar-refractivity contribution in [3.8, 4) is 0 Å². The first-order valence-electron chi connectivity index (χ1n) is 4.95. The van der Waals surface area contributed by atoms with Crippen molar-refractivity contribution in [2.24, 2.45) is 0 Å². The molecule has 1 aliphatic rings. The van der Waals surface area contributed by atoms with Crippen LogP contribution in [0.5, 0.6) is 0 Å². The number of amides is 1. The van der Waals surface area contributed by atoms with Crippen LogP contribution in [0.4, 0.5) is 17.6 Å². The van der Waals surface area contributed by atoms with E-state index in [1.165, 1.54) is 0 Å². The standard InChI is InChI=1S/C10H7ClF4N2O/c11-7-6(3-5(12)4-16-7)8(18)17-9(1-2-9)10(13,14)15/h3-4H,1-2H2,(H,17,18). The first kappa shape index (κ1) is 13.1. The summed E-state index contributed by atoms with van der Waals surface area (Å²) in [7, 11) is 0. The average molecular weight is 283 g/mol. The maximum absolute atomic E-state index is 12.9. The molecule has 1 amide bonds. The van der Waals surface area contributed by atoms with Crippen LogP contribution in [-0.4, -0.2) is 22.6 Å². The maximum Gasteiger partial charge on any atom is 0.411 e. The summed E-state index contributed by atoms with van der Waals surface area (Å²) in [6.07, 6.45) is -4.14. The van der Waals surface area contributed by atoms with Gasteiger partial charge in [0.05, 0.1) is 11.8 Å². The Kier molecular flexibility index (Phi) is 2.96. The zero-order valence-electron chi connectivity index (χ0n) is 8.81. The summed E-state index contributed by atoms with van der Waals surface area (Å²) in [5.74, 6) is -1.93. The minimum Gasteiger partial charge on any atom is -0.338 e. The zero-order valence-corrected chi connectivity index (χ0v) is 9.57. The van der Waals surface area contributed by atoms with Crippen LogP contribution in [0.25, 0.3) is 0 Å². The third-order valence-electron chi connectivity index (χ3n) is 2.70. The number of nitrogens with one attached hydrogen (secondary N) is 1. The summed E-state index contributed by atoms with van der Waals surface area (Å²) in [5.41, 5.74) is -2.62. The molecule has 1 fully saturated rings. The Morgan fingerprint density at radius 3 is 2.56 bits per heavy atom. The summed E-state index contributed by atoms with van der Waals surface area (Å²) in [6, 6.07) is 0.747. The van der Waals surface area contributed by atoms with Gasteiger partial charge in [0.1, 0.15) is 16.5 Å². The molecule has 0 atom stereocenters. The summed E-state index contributed by atoms with van der Waals surface area (Å²) >= 11 is 5.53. The largest absolute Gasteiger partial charge is 0.411 e. The second kappa shape index (κ2) is 4.08. The molecule has 2 rings (SSSR count). The molecule has 8 heteroatoms. The van der Waals surface area contributed by atoms with Gasteiger partial charge < -0.3 is 5.32 Å². The quantitative estimate of drug-likeness (QED) is 0.669. The molecule has 1 saturated carbocycles. The minimum absolute atomic E-state index is 0.192. The molecule has 1 heterocycles. The second-order valence-electron chi connectivity index (χ2n) is 4.03. The van der Waals surface area contributed by atoms with Crippen LogP contribution < -0.4 is 5.32 Å². The average Bonchev–Trinajstić information content (AvgIpc) is 3.01. The molecular formula is C10H7ClF4N2O. The summed E-state index contributed by atoms with van der Waals surface area (Å²) in [5, 5.41) is 1.50. The number of nitrogens with zero attached hydrogens (tertiary/aromatic N) is 1. The number of aromatic nitrogens is 1. The van der Waals surface area contributed by atoms with Gasteiger partial charge >= 0.3 is 6.18 Å². The number of alkyl halides is 3. The monoisotopic (exact) mass is 282 g/mol. The maximum atomic E-state index is 12.9. The van der Waals surface area contributed by atoms with Crippen LogP contribution in [0.1, 0.15) is 23.2 Å². The van der Waals surface area contributed by atoms with Crippen LogP contribution in [0.2, 0.25) is 5.15 Å². The number of halogens is 5. The Hall–Kier alpha value is -1.37. The van der Waals surface area contributed by atoms with Gasteiger partial charge in [-0.05, 0) is 18.9 Å². The molecule has 0 aromatic carbocycles. The van der Waals surface area contributed by atoms with E-state index >= 15 is 0 Å². The van der Waals surface area contributed by atoms with Crippen LogP contribution >= 0.6 is 11.6 Å². The molecular weight excluding hydrogens is 276 g/mol.